The number of carbonyl (C=O) groups is 1. The molecule has 0 amide bonds. The van der Waals surface area contributed by atoms with Gasteiger partial charge in [0.2, 0.25) is 0 Å². The van der Waals surface area contributed by atoms with Crippen LogP contribution in [0.2, 0.25) is 0 Å². The zero-order valence-electron chi connectivity index (χ0n) is 13.3. The van der Waals surface area contributed by atoms with Crippen molar-refractivity contribution in [1.29, 1.82) is 0 Å². The van der Waals surface area contributed by atoms with Gasteiger partial charge in [0.25, 0.3) is 5.56 Å². The molecule has 3 rings (SSSR count). The van der Waals surface area contributed by atoms with E-state index in [0.717, 1.165) is 0 Å². The SMILES string of the molecule is CCn1c(=S)[nH]c(=O)c2c(C(=O)O)cc(-c3cn(C)nc3C)nc21. The second-order valence-electron chi connectivity index (χ2n) is 5.36. The van der Waals surface area contributed by atoms with Gasteiger partial charge in [-0.25, -0.2) is 9.78 Å². The Morgan fingerprint density at radius 2 is 2.17 bits per heavy atom. The molecule has 2 N–H and O–H groups in total. The Morgan fingerprint density at radius 3 is 2.71 bits per heavy atom. The van der Waals surface area contributed by atoms with Crippen LogP contribution in [0.4, 0.5) is 0 Å². The molecule has 0 bridgehead atoms. The Kier molecular flexibility index (Phi) is 3.80. The van der Waals surface area contributed by atoms with Crippen LogP contribution < -0.4 is 5.56 Å². The molecular weight excluding hydrogens is 330 g/mol. The van der Waals surface area contributed by atoms with Crippen molar-refractivity contribution in [2.75, 3.05) is 0 Å². The number of aryl methyl sites for hydroxylation is 3. The lowest BCUT2D eigenvalue weighted by Crippen LogP contribution is -2.18. The minimum absolute atomic E-state index is 0.0169. The summed E-state index contributed by atoms with van der Waals surface area (Å²) in [4.78, 5) is 31.0. The molecule has 0 spiro atoms. The van der Waals surface area contributed by atoms with Gasteiger partial charge in [0.15, 0.2) is 4.77 Å². The van der Waals surface area contributed by atoms with Gasteiger partial charge in [-0.15, -0.1) is 0 Å². The fraction of sp³-hybridized carbons (Fsp3) is 0.267. The van der Waals surface area contributed by atoms with Gasteiger partial charge in [-0.3, -0.25) is 14.5 Å². The van der Waals surface area contributed by atoms with E-state index in [2.05, 4.69) is 15.1 Å². The number of aromatic amines is 1. The molecule has 0 aromatic carbocycles. The quantitative estimate of drug-likeness (QED) is 0.702. The topological polar surface area (TPSA) is 106 Å². The molecule has 0 atom stereocenters. The maximum Gasteiger partial charge on any atom is 0.336 e. The van der Waals surface area contributed by atoms with Crippen molar-refractivity contribution in [2.24, 2.45) is 7.05 Å². The molecule has 9 heteroatoms. The average molecular weight is 345 g/mol. The molecule has 0 aliphatic rings. The summed E-state index contributed by atoms with van der Waals surface area (Å²) in [6.45, 7) is 4.11. The van der Waals surface area contributed by atoms with E-state index in [4.69, 9.17) is 12.2 Å². The van der Waals surface area contributed by atoms with Gasteiger partial charge in [0.05, 0.1) is 22.3 Å². The largest absolute Gasteiger partial charge is 0.478 e. The fourth-order valence-corrected chi connectivity index (χ4v) is 3.03. The predicted molar refractivity (Wildman–Crippen MR) is 90.8 cm³/mol. The van der Waals surface area contributed by atoms with E-state index in [1.54, 1.807) is 22.5 Å². The molecule has 3 aromatic heterocycles. The summed E-state index contributed by atoms with van der Waals surface area (Å²) in [5.74, 6) is -1.20. The van der Waals surface area contributed by atoms with Crippen LogP contribution in [0.15, 0.2) is 17.1 Å². The molecule has 0 aliphatic carbocycles. The highest BCUT2D eigenvalue weighted by molar-refractivity contribution is 7.71. The zero-order valence-corrected chi connectivity index (χ0v) is 14.1. The van der Waals surface area contributed by atoms with Gasteiger partial charge in [-0.1, -0.05) is 0 Å². The van der Waals surface area contributed by atoms with Crippen molar-refractivity contribution in [1.82, 2.24) is 24.3 Å². The molecule has 3 heterocycles. The Morgan fingerprint density at radius 1 is 1.46 bits per heavy atom. The molecule has 8 nitrogen and oxygen atoms in total. The second-order valence-corrected chi connectivity index (χ2v) is 5.75. The first-order valence-electron chi connectivity index (χ1n) is 7.25. The van der Waals surface area contributed by atoms with Crippen molar-refractivity contribution < 1.29 is 9.90 Å². The van der Waals surface area contributed by atoms with Crippen LogP contribution in [0.3, 0.4) is 0 Å². The van der Waals surface area contributed by atoms with Crippen LogP contribution in [-0.2, 0) is 13.6 Å². The molecule has 0 fully saturated rings. The molecule has 124 valence electrons. The third-order valence-corrected chi connectivity index (χ3v) is 4.11. The summed E-state index contributed by atoms with van der Waals surface area (Å²) >= 11 is 5.17. The van der Waals surface area contributed by atoms with Crippen LogP contribution in [0, 0.1) is 11.7 Å². The van der Waals surface area contributed by atoms with Crippen molar-refractivity contribution in [2.45, 2.75) is 20.4 Å². The average Bonchev–Trinajstić information content (AvgIpc) is 2.85. The number of carboxylic acids is 1. The Bertz CT molecular complexity index is 1090. The normalized spacial score (nSPS) is 11.1. The minimum Gasteiger partial charge on any atom is -0.478 e. The van der Waals surface area contributed by atoms with Crippen LogP contribution in [0.25, 0.3) is 22.3 Å². The lowest BCUT2D eigenvalue weighted by Gasteiger charge is -2.11. The van der Waals surface area contributed by atoms with Gasteiger partial charge in [-0.2, -0.15) is 5.10 Å². The number of hydrogen-bond donors (Lipinski definition) is 2. The molecule has 0 unspecified atom stereocenters. The lowest BCUT2D eigenvalue weighted by molar-refractivity contribution is 0.0699. The molecule has 0 radical (unpaired) electrons. The first-order valence-corrected chi connectivity index (χ1v) is 7.66. The van der Waals surface area contributed by atoms with Crippen molar-refractivity contribution in [3.05, 3.63) is 38.6 Å². The third kappa shape index (κ3) is 2.42. The highest BCUT2D eigenvalue weighted by Gasteiger charge is 2.19. The van der Waals surface area contributed by atoms with E-state index in [9.17, 15) is 14.7 Å². The smallest absolute Gasteiger partial charge is 0.336 e. The lowest BCUT2D eigenvalue weighted by atomic mass is 10.1. The molecule has 3 aromatic rings. The van der Waals surface area contributed by atoms with Gasteiger partial charge in [0, 0.05) is 25.4 Å². The van der Waals surface area contributed by atoms with Crippen molar-refractivity contribution in [3.63, 3.8) is 0 Å². The number of nitrogens with zero attached hydrogens (tertiary/aromatic N) is 4. The number of aromatic nitrogens is 5. The van der Waals surface area contributed by atoms with Crippen LogP contribution >= 0.6 is 12.2 Å². The fourth-order valence-electron chi connectivity index (χ4n) is 2.73. The van der Waals surface area contributed by atoms with E-state index >= 15 is 0 Å². The molecule has 24 heavy (non-hydrogen) atoms. The highest BCUT2D eigenvalue weighted by Crippen LogP contribution is 2.25. The van der Waals surface area contributed by atoms with Crippen molar-refractivity contribution >= 4 is 29.2 Å². The third-order valence-electron chi connectivity index (χ3n) is 3.78. The van der Waals surface area contributed by atoms with Gasteiger partial charge in [0.1, 0.15) is 5.65 Å². The summed E-state index contributed by atoms with van der Waals surface area (Å²) < 4.78 is 3.44. The summed E-state index contributed by atoms with van der Waals surface area (Å²) in [6, 6.07) is 1.40. The molecular formula is C15H15N5O3S. The van der Waals surface area contributed by atoms with Gasteiger partial charge in [-0.05, 0) is 32.1 Å². The summed E-state index contributed by atoms with van der Waals surface area (Å²) in [6.07, 6.45) is 1.76. The minimum atomic E-state index is -1.20. The summed E-state index contributed by atoms with van der Waals surface area (Å²) in [7, 11) is 1.77. The van der Waals surface area contributed by atoms with E-state index in [1.165, 1.54) is 6.07 Å². The number of aromatic carboxylic acids is 1. The second kappa shape index (κ2) is 5.68. The number of rotatable bonds is 3. The predicted octanol–water partition coefficient (Wildman–Crippen LogP) is 1.88. The first kappa shape index (κ1) is 16.1. The van der Waals surface area contributed by atoms with Gasteiger partial charge < -0.3 is 9.67 Å². The number of nitrogens with one attached hydrogen (secondary N) is 1. The van der Waals surface area contributed by atoms with Crippen LogP contribution in [0.1, 0.15) is 23.0 Å². The number of hydrogen-bond acceptors (Lipinski definition) is 5. The van der Waals surface area contributed by atoms with Crippen molar-refractivity contribution in [3.8, 4) is 11.3 Å². The van der Waals surface area contributed by atoms with E-state index in [-0.39, 0.29) is 21.4 Å². The number of H-pyrrole nitrogens is 1. The Labute approximate surface area is 141 Å². The number of carboxylic acid groups (broad SMARTS) is 1. The number of fused-ring (bicyclic) bond motifs is 1. The van der Waals surface area contributed by atoms with Crippen LogP contribution in [-0.4, -0.2) is 35.4 Å². The zero-order chi connectivity index (χ0) is 17.6. The van der Waals surface area contributed by atoms with E-state index in [1.807, 2.05) is 13.8 Å². The van der Waals surface area contributed by atoms with E-state index < -0.39 is 11.5 Å². The summed E-state index contributed by atoms with van der Waals surface area (Å²) in [5.41, 5.74) is 1.44. The molecule has 0 aliphatic heterocycles. The highest BCUT2D eigenvalue weighted by atomic mass is 32.1. The number of pyridine rings is 1. The maximum absolute atomic E-state index is 12.3. The van der Waals surface area contributed by atoms with Gasteiger partial charge >= 0.3 is 5.97 Å². The first-order chi connectivity index (χ1) is 11.3. The maximum atomic E-state index is 12.3. The van der Waals surface area contributed by atoms with E-state index in [0.29, 0.717) is 23.5 Å². The monoisotopic (exact) mass is 345 g/mol. The Balaban J connectivity index is 2.51. The molecule has 0 saturated carbocycles. The standard InChI is InChI=1S/C15H15N5O3S/c1-4-20-12-11(13(21)17-15(20)24)8(14(22)23)5-10(16-12)9-6-19(3)18-7(9)2/h5-6H,4H2,1-3H3,(H,22,23)(H,17,21,24). The molecule has 0 saturated heterocycles. The Hall–Kier alpha value is -2.81. The summed E-state index contributed by atoms with van der Waals surface area (Å²) in [5, 5.41) is 13.8. The van der Waals surface area contributed by atoms with Crippen LogP contribution in [0.5, 0.6) is 0 Å².